The molecule has 18 heavy (non-hydrogen) atoms. The maximum absolute atomic E-state index is 12.0. The molecule has 1 aromatic carbocycles. The van der Waals surface area contributed by atoms with E-state index in [2.05, 4.69) is 4.98 Å². The maximum atomic E-state index is 12.0. The van der Waals surface area contributed by atoms with Gasteiger partial charge in [0.05, 0.1) is 24.5 Å². The third-order valence-corrected chi connectivity index (χ3v) is 3.06. The standard InChI is InChI=1S/C13H12N2O3/c16-12-10-8-18-7-6-11(10)15(13(17)14-12)9-4-2-1-3-5-9/h1-5H,6-8H2,(H,14,16,17). The molecular formula is C13H12N2O3. The van der Waals surface area contributed by atoms with Gasteiger partial charge in [0, 0.05) is 12.1 Å². The van der Waals surface area contributed by atoms with Gasteiger partial charge < -0.3 is 4.74 Å². The van der Waals surface area contributed by atoms with E-state index in [9.17, 15) is 9.59 Å². The van der Waals surface area contributed by atoms with E-state index in [1.54, 1.807) is 4.57 Å². The van der Waals surface area contributed by atoms with E-state index in [0.29, 0.717) is 18.6 Å². The summed E-state index contributed by atoms with van der Waals surface area (Å²) >= 11 is 0. The maximum Gasteiger partial charge on any atom is 0.333 e. The number of para-hydroxylation sites is 1. The van der Waals surface area contributed by atoms with E-state index in [0.717, 1.165) is 11.4 Å². The smallest absolute Gasteiger partial charge is 0.333 e. The molecule has 1 N–H and O–H groups in total. The topological polar surface area (TPSA) is 64.1 Å². The van der Waals surface area contributed by atoms with E-state index in [4.69, 9.17) is 4.74 Å². The Bertz CT molecular complexity index is 686. The van der Waals surface area contributed by atoms with Crippen LogP contribution in [0.3, 0.4) is 0 Å². The van der Waals surface area contributed by atoms with Crippen LogP contribution in [0.15, 0.2) is 39.9 Å². The summed E-state index contributed by atoms with van der Waals surface area (Å²) in [4.78, 5) is 26.0. The summed E-state index contributed by atoms with van der Waals surface area (Å²) in [6.07, 6.45) is 0.573. The minimum absolute atomic E-state index is 0.262. The minimum Gasteiger partial charge on any atom is -0.376 e. The molecule has 5 nitrogen and oxygen atoms in total. The first-order valence-electron chi connectivity index (χ1n) is 5.77. The van der Waals surface area contributed by atoms with Gasteiger partial charge in [0.1, 0.15) is 0 Å². The fraction of sp³-hybridized carbons (Fsp3) is 0.231. The van der Waals surface area contributed by atoms with Gasteiger partial charge in [-0.25, -0.2) is 4.79 Å². The number of aromatic nitrogens is 2. The van der Waals surface area contributed by atoms with Crippen LogP contribution in [-0.4, -0.2) is 16.2 Å². The largest absolute Gasteiger partial charge is 0.376 e. The normalized spacial score (nSPS) is 14.2. The quantitative estimate of drug-likeness (QED) is 0.799. The minimum atomic E-state index is -0.396. The third kappa shape index (κ3) is 1.69. The second-order valence-corrected chi connectivity index (χ2v) is 4.16. The molecular weight excluding hydrogens is 232 g/mol. The van der Waals surface area contributed by atoms with Gasteiger partial charge in [0.2, 0.25) is 0 Å². The molecule has 1 aliphatic heterocycles. The molecule has 0 bridgehead atoms. The first-order chi connectivity index (χ1) is 8.77. The number of hydrogen-bond acceptors (Lipinski definition) is 3. The van der Waals surface area contributed by atoms with Gasteiger partial charge in [-0.3, -0.25) is 14.3 Å². The summed E-state index contributed by atoms with van der Waals surface area (Å²) in [5.74, 6) is 0. The molecule has 1 aromatic heterocycles. The van der Waals surface area contributed by atoms with Crippen molar-refractivity contribution in [3.8, 4) is 5.69 Å². The first-order valence-corrected chi connectivity index (χ1v) is 5.77. The molecule has 0 spiro atoms. The van der Waals surface area contributed by atoms with Crippen molar-refractivity contribution < 1.29 is 4.74 Å². The summed E-state index contributed by atoms with van der Waals surface area (Å²) in [7, 11) is 0. The number of fused-ring (bicyclic) bond motifs is 1. The monoisotopic (exact) mass is 244 g/mol. The molecule has 0 atom stereocenters. The van der Waals surface area contributed by atoms with Gasteiger partial charge >= 0.3 is 5.69 Å². The van der Waals surface area contributed by atoms with Crippen LogP contribution in [0.5, 0.6) is 0 Å². The Morgan fingerprint density at radius 1 is 1.17 bits per heavy atom. The Hall–Kier alpha value is -2.14. The van der Waals surface area contributed by atoms with Gasteiger partial charge in [-0.15, -0.1) is 0 Å². The van der Waals surface area contributed by atoms with E-state index in [1.807, 2.05) is 30.3 Å². The Kier molecular flexibility index (Phi) is 2.60. The predicted octanol–water partition coefficient (Wildman–Crippen LogP) is 0.598. The number of hydrogen-bond donors (Lipinski definition) is 1. The van der Waals surface area contributed by atoms with Crippen molar-refractivity contribution in [3.63, 3.8) is 0 Å². The number of nitrogens with zero attached hydrogens (tertiary/aromatic N) is 1. The van der Waals surface area contributed by atoms with Gasteiger partial charge in [-0.05, 0) is 12.1 Å². The second-order valence-electron chi connectivity index (χ2n) is 4.16. The van der Waals surface area contributed by atoms with E-state index >= 15 is 0 Å². The first kappa shape index (κ1) is 11.0. The van der Waals surface area contributed by atoms with E-state index in [-0.39, 0.29) is 12.2 Å². The second kappa shape index (κ2) is 4.27. The van der Waals surface area contributed by atoms with Crippen molar-refractivity contribution in [1.29, 1.82) is 0 Å². The Balaban J connectivity index is 2.33. The van der Waals surface area contributed by atoms with E-state index in [1.165, 1.54) is 0 Å². The summed E-state index contributed by atoms with van der Waals surface area (Å²) in [6, 6.07) is 9.29. The van der Waals surface area contributed by atoms with Crippen LogP contribution in [-0.2, 0) is 17.8 Å². The molecule has 0 aliphatic carbocycles. The van der Waals surface area contributed by atoms with Crippen molar-refractivity contribution >= 4 is 0 Å². The zero-order chi connectivity index (χ0) is 12.5. The SMILES string of the molecule is O=c1[nH]c(=O)n(-c2ccccc2)c2c1COCC2. The molecule has 1 aliphatic rings. The van der Waals surface area contributed by atoms with Gasteiger partial charge in [0.25, 0.3) is 5.56 Å². The Morgan fingerprint density at radius 3 is 2.72 bits per heavy atom. The van der Waals surface area contributed by atoms with Crippen molar-refractivity contribution in [2.45, 2.75) is 13.0 Å². The number of benzene rings is 1. The lowest BCUT2D eigenvalue weighted by Gasteiger charge is -2.20. The summed E-state index contributed by atoms with van der Waals surface area (Å²) in [5.41, 5.74) is 1.32. The van der Waals surface area contributed by atoms with Gasteiger partial charge in [-0.2, -0.15) is 0 Å². The molecule has 92 valence electrons. The van der Waals surface area contributed by atoms with Crippen LogP contribution < -0.4 is 11.2 Å². The number of rotatable bonds is 1. The molecule has 0 unspecified atom stereocenters. The molecule has 0 saturated carbocycles. The number of aromatic amines is 1. The lowest BCUT2D eigenvalue weighted by atomic mass is 10.1. The highest BCUT2D eigenvalue weighted by atomic mass is 16.5. The fourth-order valence-corrected chi connectivity index (χ4v) is 2.22. The van der Waals surface area contributed by atoms with Crippen LogP contribution in [0.1, 0.15) is 11.3 Å². The van der Waals surface area contributed by atoms with Crippen molar-refractivity contribution in [2.75, 3.05) is 6.61 Å². The Morgan fingerprint density at radius 2 is 1.94 bits per heavy atom. The van der Waals surface area contributed by atoms with E-state index < -0.39 is 5.69 Å². The van der Waals surface area contributed by atoms with Crippen LogP contribution >= 0.6 is 0 Å². The van der Waals surface area contributed by atoms with Crippen LogP contribution in [0, 0.1) is 0 Å². The average Bonchev–Trinajstić information content (AvgIpc) is 2.40. The van der Waals surface area contributed by atoms with Crippen molar-refractivity contribution in [3.05, 3.63) is 62.4 Å². The fourth-order valence-electron chi connectivity index (χ4n) is 2.22. The molecule has 5 heteroatoms. The van der Waals surface area contributed by atoms with Crippen LogP contribution in [0.25, 0.3) is 5.69 Å². The molecule has 2 heterocycles. The van der Waals surface area contributed by atoms with Crippen molar-refractivity contribution in [1.82, 2.24) is 9.55 Å². The van der Waals surface area contributed by atoms with Crippen molar-refractivity contribution in [2.24, 2.45) is 0 Å². The highest BCUT2D eigenvalue weighted by molar-refractivity contribution is 5.35. The average molecular weight is 244 g/mol. The zero-order valence-corrected chi connectivity index (χ0v) is 9.68. The number of nitrogens with one attached hydrogen (secondary N) is 1. The molecule has 2 aromatic rings. The van der Waals surface area contributed by atoms with Crippen LogP contribution in [0.4, 0.5) is 0 Å². The predicted molar refractivity (Wildman–Crippen MR) is 66.0 cm³/mol. The number of H-pyrrole nitrogens is 1. The Labute approximate surface area is 103 Å². The molecule has 0 radical (unpaired) electrons. The zero-order valence-electron chi connectivity index (χ0n) is 9.68. The molecule has 0 fully saturated rings. The van der Waals surface area contributed by atoms with Gasteiger partial charge in [0.15, 0.2) is 0 Å². The highest BCUT2D eigenvalue weighted by Crippen LogP contribution is 2.15. The van der Waals surface area contributed by atoms with Crippen LogP contribution in [0.2, 0.25) is 0 Å². The highest BCUT2D eigenvalue weighted by Gasteiger charge is 2.19. The lowest BCUT2D eigenvalue weighted by Crippen LogP contribution is -2.37. The summed E-state index contributed by atoms with van der Waals surface area (Å²) in [6.45, 7) is 0.792. The molecule has 0 amide bonds. The molecule has 3 rings (SSSR count). The molecule has 0 saturated heterocycles. The summed E-state index contributed by atoms with van der Waals surface area (Å²) < 4.78 is 6.83. The van der Waals surface area contributed by atoms with Gasteiger partial charge in [-0.1, -0.05) is 18.2 Å². The number of ether oxygens (including phenoxy) is 1. The summed E-state index contributed by atoms with van der Waals surface area (Å²) in [5, 5.41) is 0. The third-order valence-electron chi connectivity index (χ3n) is 3.06. The lowest BCUT2D eigenvalue weighted by molar-refractivity contribution is 0.107.